The lowest BCUT2D eigenvalue weighted by molar-refractivity contribution is -0.192. The van der Waals surface area contributed by atoms with Crippen molar-refractivity contribution < 1.29 is 42.1 Å². The number of amides is 2. The number of rotatable bonds is 4. The highest BCUT2D eigenvalue weighted by Gasteiger charge is 2.39. The first-order valence-corrected chi connectivity index (χ1v) is 11.0. The molecule has 198 valence electrons. The van der Waals surface area contributed by atoms with Crippen LogP contribution in [-0.2, 0) is 14.3 Å². The number of aromatic nitrogens is 1. The maximum Gasteiger partial charge on any atom is 0.490 e. The van der Waals surface area contributed by atoms with E-state index in [4.69, 9.17) is 19.4 Å². The third-order valence-corrected chi connectivity index (χ3v) is 4.71. The van der Waals surface area contributed by atoms with E-state index in [2.05, 4.69) is 10.3 Å². The molecule has 0 aliphatic carbocycles. The van der Waals surface area contributed by atoms with Crippen molar-refractivity contribution in [3.8, 4) is 5.75 Å². The summed E-state index contributed by atoms with van der Waals surface area (Å²) in [6.07, 6.45) is -0.722. The Balaban J connectivity index is 0.000000762. The van der Waals surface area contributed by atoms with E-state index in [9.17, 15) is 22.8 Å². The molecular formula is C23H34F3N3O6. The van der Waals surface area contributed by atoms with Gasteiger partial charge in [0.2, 0.25) is 5.91 Å². The molecule has 0 aromatic carbocycles. The van der Waals surface area contributed by atoms with Gasteiger partial charge < -0.3 is 24.8 Å². The number of ether oxygens (including phenoxy) is 2. The van der Waals surface area contributed by atoms with Crippen molar-refractivity contribution >= 4 is 18.0 Å². The summed E-state index contributed by atoms with van der Waals surface area (Å²) in [5, 5.41) is 9.89. The number of carboxylic acids is 1. The lowest BCUT2D eigenvalue weighted by Crippen LogP contribution is -2.57. The Kier molecular flexibility index (Phi) is 10.3. The van der Waals surface area contributed by atoms with Crippen LogP contribution < -0.4 is 10.1 Å². The molecule has 0 radical (unpaired) electrons. The average Bonchev–Trinajstić information content (AvgIpc) is 2.70. The lowest BCUT2D eigenvalue weighted by atomic mass is 9.85. The second kappa shape index (κ2) is 12.1. The van der Waals surface area contributed by atoms with E-state index in [1.807, 2.05) is 32.9 Å². The maximum atomic E-state index is 13.1. The van der Waals surface area contributed by atoms with E-state index in [0.29, 0.717) is 13.1 Å². The molecule has 9 nitrogen and oxygen atoms in total. The number of pyridine rings is 1. The molecule has 1 saturated heterocycles. The first kappa shape index (κ1) is 30.0. The average molecular weight is 506 g/mol. The van der Waals surface area contributed by atoms with Crippen molar-refractivity contribution in [1.82, 2.24) is 15.2 Å². The third kappa shape index (κ3) is 11.3. The SMILES string of the molecule is CC(C)(C)OC(=O)N[C@H](C(=O)N1CCC(Oc2cccnc2)CC1)C(C)(C)C.O=C(O)C(F)(F)F. The number of carbonyl (C=O) groups excluding carboxylic acids is 2. The van der Waals surface area contributed by atoms with Gasteiger partial charge in [-0.2, -0.15) is 13.2 Å². The van der Waals surface area contributed by atoms with Crippen molar-refractivity contribution in [2.45, 2.75) is 78.3 Å². The number of nitrogens with zero attached hydrogens (tertiary/aromatic N) is 2. The monoisotopic (exact) mass is 505 g/mol. The fourth-order valence-electron chi connectivity index (χ4n) is 3.06. The molecule has 1 atom stereocenters. The summed E-state index contributed by atoms with van der Waals surface area (Å²) in [7, 11) is 0. The maximum absolute atomic E-state index is 13.1. The van der Waals surface area contributed by atoms with E-state index in [1.54, 1.807) is 38.1 Å². The molecule has 2 rings (SSSR count). The minimum absolute atomic E-state index is 0.0557. The number of hydrogen-bond donors (Lipinski definition) is 2. The third-order valence-electron chi connectivity index (χ3n) is 4.71. The molecule has 2 amide bonds. The number of likely N-dealkylation sites (tertiary alicyclic amines) is 1. The van der Waals surface area contributed by atoms with Gasteiger partial charge in [-0.05, 0) is 38.3 Å². The summed E-state index contributed by atoms with van der Waals surface area (Å²) in [5.74, 6) is -2.10. The van der Waals surface area contributed by atoms with Crippen molar-refractivity contribution in [3.05, 3.63) is 24.5 Å². The second-order valence-corrected chi connectivity index (χ2v) is 10.1. The van der Waals surface area contributed by atoms with Crippen LogP contribution in [0.1, 0.15) is 54.4 Å². The molecular weight excluding hydrogens is 471 g/mol. The zero-order valence-corrected chi connectivity index (χ0v) is 20.8. The number of hydrogen-bond acceptors (Lipinski definition) is 6. The van der Waals surface area contributed by atoms with E-state index in [-0.39, 0.29) is 12.0 Å². The van der Waals surface area contributed by atoms with Crippen molar-refractivity contribution in [3.63, 3.8) is 0 Å². The standard InChI is InChI=1S/C21H33N3O4.C2HF3O2/c1-20(2,3)17(23-19(26)28-21(4,5)6)18(25)24-12-9-15(10-13-24)27-16-8-7-11-22-14-16;3-2(4,5)1(6)7/h7-8,11,14-15,17H,9-10,12-13H2,1-6H3,(H,23,26);(H,6,7)/t17-;/m1./s1. The quantitative estimate of drug-likeness (QED) is 0.634. The smallest absolute Gasteiger partial charge is 0.489 e. The molecule has 0 unspecified atom stereocenters. The van der Waals surface area contributed by atoms with E-state index >= 15 is 0 Å². The van der Waals surface area contributed by atoms with Gasteiger partial charge in [0.15, 0.2) is 0 Å². The van der Waals surface area contributed by atoms with Crippen LogP contribution in [0.5, 0.6) is 5.75 Å². The Hall–Kier alpha value is -3.05. The van der Waals surface area contributed by atoms with Crippen LogP contribution in [0.2, 0.25) is 0 Å². The molecule has 0 bridgehead atoms. The molecule has 0 saturated carbocycles. The van der Waals surface area contributed by atoms with E-state index in [0.717, 1.165) is 18.6 Å². The number of carbonyl (C=O) groups is 3. The van der Waals surface area contributed by atoms with Crippen LogP contribution in [0.3, 0.4) is 0 Å². The number of nitrogens with one attached hydrogen (secondary N) is 1. The molecule has 35 heavy (non-hydrogen) atoms. The topological polar surface area (TPSA) is 118 Å². The molecule has 12 heteroatoms. The molecule has 1 fully saturated rings. The highest BCUT2D eigenvalue weighted by molar-refractivity contribution is 5.86. The fraction of sp³-hybridized carbons (Fsp3) is 0.652. The molecule has 2 N–H and O–H groups in total. The van der Waals surface area contributed by atoms with Crippen LogP contribution >= 0.6 is 0 Å². The van der Waals surface area contributed by atoms with Gasteiger partial charge in [0.1, 0.15) is 23.5 Å². The Morgan fingerprint density at radius 1 is 1.11 bits per heavy atom. The van der Waals surface area contributed by atoms with Gasteiger partial charge in [0.05, 0.1) is 6.20 Å². The molecule has 1 aliphatic heterocycles. The van der Waals surface area contributed by atoms with Gasteiger partial charge in [-0.15, -0.1) is 0 Å². The molecule has 2 heterocycles. The summed E-state index contributed by atoms with van der Waals surface area (Å²) >= 11 is 0. The number of halogens is 3. The molecule has 1 aromatic rings. The van der Waals surface area contributed by atoms with Crippen molar-refractivity contribution in [2.24, 2.45) is 5.41 Å². The van der Waals surface area contributed by atoms with Crippen LogP contribution in [-0.4, -0.2) is 70.0 Å². The summed E-state index contributed by atoms with van der Waals surface area (Å²) in [5.41, 5.74) is -1.05. The van der Waals surface area contributed by atoms with Gasteiger partial charge in [-0.1, -0.05) is 20.8 Å². The Bertz CT molecular complexity index is 843. The van der Waals surface area contributed by atoms with Crippen LogP contribution in [0.4, 0.5) is 18.0 Å². The molecule has 0 spiro atoms. The van der Waals surface area contributed by atoms with Crippen LogP contribution in [0, 0.1) is 5.41 Å². The van der Waals surface area contributed by atoms with Gasteiger partial charge >= 0.3 is 18.2 Å². The lowest BCUT2D eigenvalue weighted by Gasteiger charge is -2.38. The van der Waals surface area contributed by atoms with Gasteiger partial charge in [0, 0.05) is 32.1 Å². The van der Waals surface area contributed by atoms with E-state index < -0.39 is 35.3 Å². The summed E-state index contributed by atoms with van der Waals surface area (Å²) in [6.45, 7) is 12.4. The second-order valence-electron chi connectivity index (χ2n) is 10.1. The summed E-state index contributed by atoms with van der Waals surface area (Å²) in [4.78, 5) is 40.1. The zero-order chi connectivity index (χ0) is 27.0. The molecule has 1 aliphatic rings. The number of carboxylic acid groups (broad SMARTS) is 1. The number of aliphatic carboxylic acids is 1. The van der Waals surface area contributed by atoms with Crippen molar-refractivity contribution in [1.29, 1.82) is 0 Å². The highest BCUT2D eigenvalue weighted by Crippen LogP contribution is 2.25. The predicted octanol–water partition coefficient (Wildman–Crippen LogP) is 4.02. The number of alkyl halides is 3. The summed E-state index contributed by atoms with van der Waals surface area (Å²) < 4.78 is 43.0. The van der Waals surface area contributed by atoms with Crippen LogP contribution in [0.25, 0.3) is 0 Å². The van der Waals surface area contributed by atoms with Crippen LogP contribution in [0.15, 0.2) is 24.5 Å². The fourth-order valence-corrected chi connectivity index (χ4v) is 3.06. The van der Waals surface area contributed by atoms with E-state index in [1.165, 1.54) is 0 Å². The Labute approximate surface area is 203 Å². The van der Waals surface area contributed by atoms with Crippen molar-refractivity contribution in [2.75, 3.05) is 13.1 Å². The minimum atomic E-state index is -5.08. The largest absolute Gasteiger partial charge is 0.490 e. The normalized spacial score (nSPS) is 15.9. The zero-order valence-electron chi connectivity index (χ0n) is 20.8. The van der Waals surface area contributed by atoms with Gasteiger partial charge in [-0.3, -0.25) is 9.78 Å². The first-order chi connectivity index (χ1) is 15.9. The highest BCUT2D eigenvalue weighted by atomic mass is 19.4. The minimum Gasteiger partial charge on any atom is -0.489 e. The number of alkyl carbamates (subject to hydrolysis) is 1. The summed E-state index contributed by atoms with van der Waals surface area (Å²) in [6, 6.07) is 3.06. The van der Waals surface area contributed by atoms with Gasteiger partial charge in [0.25, 0.3) is 0 Å². The van der Waals surface area contributed by atoms with Gasteiger partial charge in [-0.25, -0.2) is 9.59 Å². The Morgan fingerprint density at radius 3 is 2.06 bits per heavy atom. The first-order valence-electron chi connectivity index (χ1n) is 11.0. The number of piperidine rings is 1. The predicted molar refractivity (Wildman–Crippen MR) is 121 cm³/mol. The molecule has 1 aromatic heterocycles. The Morgan fingerprint density at radius 2 is 1.66 bits per heavy atom.